The lowest BCUT2D eigenvalue weighted by Crippen LogP contribution is -2.48. The van der Waals surface area contributed by atoms with Crippen molar-refractivity contribution in [3.05, 3.63) is 34.9 Å². The first kappa shape index (κ1) is 27.3. The van der Waals surface area contributed by atoms with Crippen LogP contribution < -0.4 is 0 Å². The van der Waals surface area contributed by atoms with E-state index in [1.54, 1.807) is 34.6 Å². The first-order valence-electron chi connectivity index (χ1n) is 11.2. The molecule has 5 atom stereocenters. The van der Waals surface area contributed by atoms with Gasteiger partial charge in [0.1, 0.15) is 44.4 Å². The molecule has 12 heteroatoms. The number of nitrogens with zero attached hydrogens (tertiary/aromatic N) is 1. The molecule has 2 heterocycles. The monoisotopic (exact) mass is 525 g/mol. The fraction of sp³-hybridized carbons (Fsp3) is 0.682. The molecular formula is C22H31ClF2NO7P+2. The number of benzene rings is 1. The number of rotatable bonds is 10. The lowest BCUT2D eigenvalue weighted by Gasteiger charge is -2.28. The molecule has 0 amide bonds. The highest BCUT2D eigenvalue weighted by Crippen LogP contribution is 2.57. The van der Waals surface area contributed by atoms with Gasteiger partial charge in [0.25, 0.3) is 0 Å². The molecule has 0 aromatic heterocycles. The fourth-order valence-corrected chi connectivity index (χ4v) is 5.60. The summed E-state index contributed by atoms with van der Waals surface area (Å²) in [6.07, 6.45) is -3.68. The molecule has 3 rings (SSSR count). The van der Waals surface area contributed by atoms with E-state index < -0.39 is 56.5 Å². The van der Waals surface area contributed by atoms with Gasteiger partial charge < -0.3 is 18.9 Å². The highest BCUT2D eigenvalue weighted by molar-refractivity contribution is 7.40. The van der Waals surface area contributed by atoms with Gasteiger partial charge in [-0.1, -0.05) is 11.6 Å². The van der Waals surface area contributed by atoms with Crippen LogP contribution in [0.25, 0.3) is 0 Å². The predicted molar refractivity (Wildman–Crippen MR) is 119 cm³/mol. The quantitative estimate of drug-likeness (QED) is 0.181. The number of carbonyl (C=O) groups is 1. The van der Waals surface area contributed by atoms with E-state index in [2.05, 4.69) is 0 Å². The maximum atomic E-state index is 15.7. The summed E-state index contributed by atoms with van der Waals surface area (Å²) in [7, 11) is -3.48. The molecule has 190 valence electrons. The minimum atomic E-state index is -3.85. The predicted octanol–water partition coefficient (Wildman–Crippen LogP) is 5.13. The second-order valence-corrected chi connectivity index (χ2v) is 10.4. The van der Waals surface area contributed by atoms with Crippen molar-refractivity contribution in [1.82, 2.24) is 0 Å². The average Bonchev–Trinajstić information content (AvgIpc) is 3.27. The summed E-state index contributed by atoms with van der Waals surface area (Å²) in [6.45, 7) is 9.06. The summed E-state index contributed by atoms with van der Waals surface area (Å²) in [4.78, 5) is 12.4. The van der Waals surface area contributed by atoms with E-state index in [-0.39, 0.29) is 10.2 Å². The van der Waals surface area contributed by atoms with Crippen molar-refractivity contribution in [2.75, 3.05) is 26.2 Å². The molecular weight excluding hydrogens is 495 g/mol. The van der Waals surface area contributed by atoms with Crippen LogP contribution in [0.2, 0.25) is 5.02 Å². The number of hydrogen-bond donors (Lipinski definition) is 0. The van der Waals surface area contributed by atoms with Crippen LogP contribution in [0.4, 0.5) is 8.78 Å². The third-order valence-electron chi connectivity index (χ3n) is 6.23. The molecule has 0 bridgehead atoms. The van der Waals surface area contributed by atoms with Crippen molar-refractivity contribution in [1.29, 1.82) is 0 Å². The molecule has 2 aliphatic heterocycles. The second-order valence-electron chi connectivity index (χ2n) is 8.71. The Morgan fingerprint density at radius 2 is 1.74 bits per heavy atom. The number of esters is 1. The summed E-state index contributed by atoms with van der Waals surface area (Å²) < 4.78 is 71.8. The Kier molecular flexibility index (Phi) is 8.35. The van der Waals surface area contributed by atoms with Gasteiger partial charge in [-0.05, 0) is 63.4 Å². The first-order chi connectivity index (χ1) is 15.9. The molecule has 34 heavy (non-hydrogen) atoms. The lowest BCUT2D eigenvalue weighted by atomic mass is 9.99. The van der Waals surface area contributed by atoms with Gasteiger partial charge in [0.2, 0.25) is 0 Å². The van der Waals surface area contributed by atoms with Gasteiger partial charge in [0.05, 0.1) is 10.2 Å². The molecule has 2 saturated heterocycles. The van der Waals surface area contributed by atoms with Gasteiger partial charge in [0.15, 0.2) is 12.1 Å². The van der Waals surface area contributed by atoms with Crippen molar-refractivity contribution in [2.24, 2.45) is 5.92 Å². The topological polar surface area (TPSA) is 80.3 Å². The van der Waals surface area contributed by atoms with Crippen molar-refractivity contribution in [2.45, 2.75) is 64.6 Å². The minimum absolute atomic E-state index is 0.189. The zero-order valence-electron chi connectivity index (χ0n) is 19.8. The van der Waals surface area contributed by atoms with Gasteiger partial charge in [0, 0.05) is 5.02 Å². The Labute approximate surface area is 203 Å². The minimum Gasteiger partial charge on any atom is -0.459 e. The van der Waals surface area contributed by atoms with Crippen LogP contribution in [0.3, 0.4) is 0 Å². The molecule has 8 nitrogen and oxygen atoms in total. The van der Waals surface area contributed by atoms with Crippen LogP contribution in [0.1, 0.15) is 45.0 Å². The number of alkyl halides is 2. The normalized spacial score (nSPS) is 26.9. The molecule has 2 aliphatic rings. The maximum absolute atomic E-state index is 15.7. The Bertz CT molecular complexity index is 889. The molecule has 1 aromatic rings. The summed E-state index contributed by atoms with van der Waals surface area (Å²) >= 11 is 5.83. The number of fused-ring (bicyclic) bond motifs is 1. The highest BCUT2D eigenvalue weighted by Gasteiger charge is 2.74. The molecule has 0 radical (unpaired) electrons. The number of hydroxylamine groups is 3. The van der Waals surface area contributed by atoms with Gasteiger partial charge in [-0.25, -0.2) is 4.79 Å². The van der Waals surface area contributed by atoms with Crippen molar-refractivity contribution >= 4 is 25.6 Å². The van der Waals surface area contributed by atoms with E-state index in [1.807, 2.05) is 0 Å². The third kappa shape index (κ3) is 5.59. The van der Waals surface area contributed by atoms with E-state index >= 15 is 8.78 Å². The lowest BCUT2D eigenvalue weighted by molar-refractivity contribution is -1.08. The van der Waals surface area contributed by atoms with Crippen LogP contribution >= 0.6 is 19.6 Å². The Morgan fingerprint density at radius 3 is 2.29 bits per heavy atom. The van der Waals surface area contributed by atoms with Crippen LogP contribution in [0.5, 0.6) is 0 Å². The Morgan fingerprint density at radius 1 is 1.15 bits per heavy atom. The van der Waals surface area contributed by atoms with E-state index in [0.29, 0.717) is 24.7 Å². The number of ether oxygens (including phenoxy) is 4. The summed E-state index contributed by atoms with van der Waals surface area (Å²) in [6, 6.07) is 5.93. The zero-order chi connectivity index (χ0) is 25.3. The summed E-state index contributed by atoms with van der Waals surface area (Å²) in [5.74, 6) is -3.63. The Hall–Kier alpha value is -1.26. The number of halogens is 3. The second kappa shape index (κ2) is 10.4. The SMILES string of the molecule is CC[N+](CC)(CC)O[P+](=O)C(F)(F)[C@H]1[C@H]2OC(C)(C)O[C@H]2O[C@@H]1COC(=O)c1ccc(Cl)cc1. The number of carbonyl (C=O) groups excluding carboxylic acids is 1. The van der Waals surface area contributed by atoms with Crippen molar-refractivity contribution < 1.29 is 46.4 Å². The van der Waals surface area contributed by atoms with Crippen LogP contribution in [-0.2, 0) is 28.1 Å². The molecule has 0 aliphatic carbocycles. The molecule has 0 N–H and O–H groups in total. The smallest absolute Gasteiger partial charge is 0.459 e. The largest absolute Gasteiger partial charge is 0.643 e. The van der Waals surface area contributed by atoms with Gasteiger partial charge in [-0.3, -0.25) is 0 Å². The van der Waals surface area contributed by atoms with E-state index in [0.717, 1.165) is 0 Å². The molecule has 1 aromatic carbocycles. The molecule has 0 spiro atoms. The number of quaternary nitrogens is 1. The Balaban J connectivity index is 1.81. The number of hydrogen-bond acceptors (Lipinski definition) is 7. The third-order valence-corrected chi connectivity index (χ3v) is 7.76. The van der Waals surface area contributed by atoms with E-state index in [4.69, 9.17) is 35.2 Å². The zero-order valence-corrected chi connectivity index (χ0v) is 21.5. The van der Waals surface area contributed by atoms with Crippen LogP contribution in [0.15, 0.2) is 24.3 Å². The summed E-state index contributed by atoms with van der Waals surface area (Å²) in [5, 5.41) is 0.435. The van der Waals surface area contributed by atoms with E-state index in [1.165, 1.54) is 24.3 Å². The van der Waals surface area contributed by atoms with Crippen molar-refractivity contribution in [3.8, 4) is 0 Å². The van der Waals surface area contributed by atoms with Gasteiger partial charge in [-0.15, -0.1) is 4.65 Å². The summed E-state index contributed by atoms with van der Waals surface area (Å²) in [5.41, 5.74) is -3.65. The molecule has 2 fully saturated rings. The molecule has 1 unspecified atom stereocenters. The van der Waals surface area contributed by atoms with Gasteiger partial charge in [-0.2, -0.15) is 8.78 Å². The fourth-order valence-electron chi connectivity index (χ4n) is 4.14. The first-order valence-corrected chi connectivity index (χ1v) is 12.8. The highest BCUT2D eigenvalue weighted by atomic mass is 35.5. The van der Waals surface area contributed by atoms with Crippen LogP contribution in [0, 0.1) is 5.92 Å². The maximum Gasteiger partial charge on any atom is 0.643 e. The standard InChI is InChI=1S/C22H31ClF2NO7P/c1-6-26(7-2,8-3)33-34(28)22(24,25)17-16(30-20-18(17)31-21(4,5)32-20)13-29-19(27)14-9-11-15(23)12-10-14/h9-12,16-18,20H,6-8,13H2,1-5H3/q+2/t16-,17-,18-,20-/m1/s1. The van der Waals surface area contributed by atoms with Crippen molar-refractivity contribution in [3.63, 3.8) is 0 Å². The van der Waals surface area contributed by atoms with E-state index in [9.17, 15) is 9.36 Å². The molecule has 0 saturated carbocycles. The van der Waals surface area contributed by atoms with Crippen LogP contribution in [-0.4, -0.2) is 66.8 Å². The van der Waals surface area contributed by atoms with Gasteiger partial charge >= 0.3 is 19.7 Å². The average molecular weight is 526 g/mol.